The lowest BCUT2D eigenvalue weighted by Crippen LogP contribution is -2.22. The van der Waals surface area contributed by atoms with Gasteiger partial charge in [-0.05, 0) is 24.0 Å². The van der Waals surface area contributed by atoms with Crippen molar-refractivity contribution in [2.24, 2.45) is 11.7 Å². The number of hydrogen-bond acceptors (Lipinski definition) is 3. The maximum absolute atomic E-state index is 6.13. The van der Waals surface area contributed by atoms with Gasteiger partial charge in [0.15, 0.2) is 0 Å². The molecule has 24 heavy (non-hydrogen) atoms. The molecule has 1 aliphatic carbocycles. The molecule has 1 saturated carbocycles. The van der Waals surface area contributed by atoms with Gasteiger partial charge < -0.3 is 15.2 Å². The Bertz CT molecular complexity index is 573. The summed E-state index contributed by atoms with van der Waals surface area (Å²) in [6.07, 6.45) is 2.10. The van der Waals surface area contributed by atoms with Gasteiger partial charge in [-0.1, -0.05) is 68.1 Å². The number of ether oxygens (including phenoxy) is 2. The van der Waals surface area contributed by atoms with Gasteiger partial charge in [0.25, 0.3) is 0 Å². The minimum atomic E-state index is 0. The molecule has 3 atom stereocenters. The van der Waals surface area contributed by atoms with Gasteiger partial charge in [0.1, 0.15) is 0 Å². The largest absolute Gasteiger partial charge is 0.376 e. The van der Waals surface area contributed by atoms with Gasteiger partial charge in [-0.15, -0.1) is 0 Å². The number of nitrogens with two attached hydrogens (primary N) is 1. The average Bonchev–Trinajstić information content (AvgIpc) is 2.95. The molecular formula is C21H29NO2. The molecule has 0 heterocycles. The molecule has 3 nitrogen and oxygen atoms in total. The standard InChI is InChI=1S/C20H25NO2.CH4/c21-19-11-18(15-22-13-16-7-3-1-4-8-16)20(12-19)23-14-17-9-5-2-6-10-17;/h1-10,18-20H,11-15,21H2;1H4/t18-,19-,20-;/m1./s1. The molecule has 0 radical (unpaired) electrons. The number of benzene rings is 2. The van der Waals surface area contributed by atoms with E-state index in [1.54, 1.807) is 0 Å². The SMILES string of the molecule is C.N[C@@H]1C[C@H](COCc2ccccc2)[C@H](OCc2ccccc2)C1. The van der Waals surface area contributed by atoms with E-state index in [1.807, 2.05) is 36.4 Å². The first kappa shape index (κ1) is 18.7. The van der Waals surface area contributed by atoms with Crippen LogP contribution in [0.1, 0.15) is 31.4 Å². The van der Waals surface area contributed by atoms with Gasteiger partial charge in [-0.2, -0.15) is 0 Å². The normalized spacial score (nSPS) is 23.0. The van der Waals surface area contributed by atoms with E-state index in [0.717, 1.165) is 12.8 Å². The van der Waals surface area contributed by atoms with Crippen molar-refractivity contribution in [2.75, 3.05) is 6.61 Å². The molecule has 0 aliphatic heterocycles. The minimum absolute atomic E-state index is 0. The van der Waals surface area contributed by atoms with Crippen LogP contribution in [0.4, 0.5) is 0 Å². The highest BCUT2D eigenvalue weighted by atomic mass is 16.5. The van der Waals surface area contributed by atoms with Gasteiger partial charge in [-0.25, -0.2) is 0 Å². The van der Waals surface area contributed by atoms with Crippen LogP contribution in [0.15, 0.2) is 60.7 Å². The smallest absolute Gasteiger partial charge is 0.0720 e. The predicted molar refractivity (Wildman–Crippen MR) is 98.5 cm³/mol. The highest BCUT2D eigenvalue weighted by Gasteiger charge is 2.33. The predicted octanol–water partition coefficient (Wildman–Crippen LogP) is 4.16. The Morgan fingerprint density at radius 1 is 0.833 bits per heavy atom. The molecule has 2 aromatic carbocycles. The van der Waals surface area contributed by atoms with Crippen LogP contribution in [0.5, 0.6) is 0 Å². The van der Waals surface area contributed by atoms with Crippen molar-refractivity contribution in [3.8, 4) is 0 Å². The molecule has 2 aromatic rings. The lowest BCUT2D eigenvalue weighted by molar-refractivity contribution is -0.0188. The van der Waals surface area contributed by atoms with Crippen LogP contribution in [0, 0.1) is 5.92 Å². The van der Waals surface area contributed by atoms with E-state index in [-0.39, 0.29) is 19.6 Å². The fourth-order valence-electron chi connectivity index (χ4n) is 3.19. The van der Waals surface area contributed by atoms with Crippen LogP contribution in [0.2, 0.25) is 0 Å². The first-order valence-corrected chi connectivity index (χ1v) is 8.34. The third-order valence-electron chi connectivity index (χ3n) is 4.42. The zero-order chi connectivity index (χ0) is 15.9. The van der Waals surface area contributed by atoms with Gasteiger partial charge in [0.2, 0.25) is 0 Å². The molecule has 3 rings (SSSR count). The second kappa shape index (κ2) is 9.58. The molecule has 130 valence electrons. The van der Waals surface area contributed by atoms with Crippen molar-refractivity contribution < 1.29 is 9.47 Å². The first-order valence-electron chi connectivity index (χ1n) is 8.34. The van der Waals surface area contributed by atoms with Gasteiger partial charge in [0, 0.05) is 12.0 Å². The molecule has 3 heteroatoms. The van der Waals surface area contributed by atoms with Crippen molar-refractivity contribution in [3.63, 3.8) is 0 Å². The number of hydrogen-bond donors (Lipinski definition) is 1. The first-order chi connectivity index (χ1) is 11.3. The molecule has 0 aromatic heterocycles. The summed E-state index contributed by atoms with van der Waals surface area (Å²) in [4.78, 5) is 0. The summed E-state index contributed by atoms with van der Waals surface area (Å²) in [6.45, 7) is 2.01. The van der Waals surface area contributed by atoms with E-state index in [1.165, 1.54) is 11.1 Å². The van der Waals surface area contributed by atoms with E-state index in [2.05, 4.69) is 24.3 Å². The summed E-state index contributed by atoms with van der Waals surface area (Å²) < 4.78 is 12.0. The molecule has 0 spiro atoms. The Morgan fingerprint density at radius 2 is 1.42 bits per heavy atom. The quantitative estimate of drug-likeness (QED) is 0.830. The maximum Gasteiger partial charge on any atom is 0.0720 e. The van der Waals surface area contributed by atoms with Crippen molar-refractivity contribution in [1.29, 1.82) is 0 Å². The van der Waals surface area contributed by atoms with E-state index in [9.17, 15) is 0 Å². The van der Waals surface area contributed by atoms with E-state index in [4.69, 9.17) is 15.2 Å². The Kier molecular flexibility index (Phi) is 7.44. The monoisotopic (exact) mass is 327 g/mol. The second-order valence-electron chi connectivity index (χ2n) is 6.33. The molecule has 1 fully saturated rings. The summed E-state index contributed by atoms with van der Waals surface area (Å²) >= 11 is 0. The number of rotatable bonds is 7. The van der Waals surface area contributed by atoms with Crippen molar-refractivity contribution >= 4 is 0 Å². The fraction of sp³-hybridized carbons (Fsp3) is 0.429. The molecule has 0 amide bonds. The topological polar surface area (TPSA) is 44.5 Å². The van der Waals surface area contributed by atoms with Crippen LogP contribution in [-0.2, 0) is 22.7 Å². The molecule has 2 N–H and O–H groups in total. The fourth-order valence-corrected chi connectivity index (χ4v) is 3.19. The molecular weight excluding hydrogens is 298 g/mol. The van der Waals surface area contributed by atoms with Crippen LogP contribution < -0.4 is 5.73 Å². The van der Waals surface area contributed by atoms with E-state index in [0.29, 0.717) is 25.7 Å². The summed E-state index contributed by atoms with van der Waals surface area (Å²) in [7, 11) is 0. The lowest BCUT2D eigenvalue weighted by Gasteiger charge is -2.20. The highest BCUT2D eigenvalue weighted by Crippen LogP contribution is 2.29. The summed E-state index contributed by atoms with van der Waals surface area (Å²) in [5, 5.41) is 0. The lowest BCUT2D eigenvalue weighted by atomic mass is 10.1. The van der Waals surface area contributed by atoms with Gasteiger partial charge in [0.05, 0.1) is 25.9 Å². The molecule has 0 unspecified atom stereocenters. The van der Waals surface area contributed by atoms with Gasteiger partial charge in [-0.3, -0.25) is 0 Å². The summed E-state index contributed by atoms with van der Waals surface area (Å²) in [6, 6.07) is 20.8. The Morgan fingerprint density at radius 3 is 2.04 bits per heavy atom. The highest BCUT2D eigenvalue weighted by molar-refractivity contribution is 5.14. The minimum Gasteiger partial charge on any atom is -0.376 e. The Hall–Kier alpha value is -1.68. The van der Waals surface area contributed by atoms with E-state index >= 15 is 0 Å². The van der Waals surface area contributed by atoms with E-state index < -0.39 is 0 Å². The average molecular weight is 327 g/mol. The van der Waals surface area contributed by atoms with Crippen LogP contribution >= 0.6 is 0 Å². The van der Waals surface area contributed by atoms with Crippen LogP contribution in [0.25, 0.3) is 0 Å². The summed E-state index contributed by atoms with van der Waals surface area (Å²) in [5.41, 5.74) is 8.54. The van der Waals surface area contributed by atoms with Crippen LogP contribution in [-0.4, -0.2) is 18.8 Å². The molecule has 1 aliphatic rings. The third-order valence-corrected chi connectivity index (χ3v) is 4.42. The zero-order valence-electron chi connectivity index (χ0n) is 13.4. The molecule has 0 saturated heterocycles. The Labute approximate surface area is 145 Å². The second-order valence-corrected chi connectivity index (χ2v) is 6.33. The van der Waals surface area contributed by atoms with Crippen molar-refractivity contribution in [2.45, 2.75) is 45.6 Å². The third kappa shape index (κ3) is 5.45. The molecule has 0 bridgehead atoms. The van der Waals surface area contributed by atoms with Crippen LogP contribution in [0.3, 0.4) is 0 Å². The van der Waals surface area contributed by atoms with Crippen molar-refractivity contribution in [3.05, 3.63) is 71.8 Å². The Balaban J connectivity index is 0.00000208. The summed E-state index contributed by atoms with van der Waals surface area (Å²) in [5.74, 6) is 0.387. The van der Waals surface area contributed by atoms with Gasteiger partial charge >= 0.3 is 0 Å². The maximum atomic E-state index is 6.13. The zero-order valence-corrected chi connectivity index (χ0v) is 13.4. The van der Waals surface area contributed by atoms with Crippen molar-refractivity contribution in [1.82, 2.24) is 0 Å².